The largest absolute Gasteiger partial charge is 0.416 e. The lowest BCUT2D eigenvalue weighted by Crippen LogP contribution is -2.57. The Hall–Kier alpha value is -0.252. The third-order valence-corrected chi connectivity index (χ3v) is 32.1. The Morgan fingerprint density at radius 1 is 0.685 bits per heavy atom. The molecule has 1 aliphatic heterocycles. The molecule has 11 heteroatoms. The molecular formula is C43H88O7Si4. The zero-order valence-corrected chi connectivity index (χ0v) is 43.8. The zero-order valence-electron chi connectivity index (χ0n) is 39.8. The van der Waals surface area contributed by atoms with Gasteiger partial charge in [-0.1, -0.05) is 109 Å². The smallest absolute Gasteiger partial charge is 0.192 e. The summed E-state index contributed by atoms with van der Waals surface area (Å²) in [7, 11) is -9.57. The number of Topliss-reactive ketones (excluding diaryl/α,β-unsaturated/α-hetero) is 2. The number of hydrogen-bond acceptors (Lipinski definition) is 7. The number of carbonyl (C=O) groups excluding carboxylic acids is 2. The van der Waals surface area contributed by atoms with E-state index in [1.807, 2.05) is 13.8 Å². The topological polar surface area (TPSA) is 83.6 Å². The van der Waals surface area contributed by atoms with Gasteiger partial charge in [0.15, 0.2) is 33.3 Å². The molecule has 1 aliphatic rings. The van der Waals surface area contributed by atoms with Crippen molar-refractivity contribution in [3.8, 4) is 0 Å². The highest BCUT2D eigenvalue weighted by molar-refractivity contribution is 6.75. The van der Waals surface area contributed by atoms with Crippen molar-refractivity contribution in [2.24, 2.45) is 17.8 Å². The van der Waals surface area contributed by atoms with Gasteiger partial charge in [0.1, 0.15) is 17.2 Å². The summed E-state index contributed by atoms with van der Waals surface area (Å²) in [6, 6.07) is 0. The zero-order chi connectivity index (χ0) is 42.9. The molecule has 0 aromatic rings. The first-order valence-electron chi connectivity index (χ1n) is 20.8. The molecule has 0 aromatic heterocycles. The van der Waals surface area contributed by atoms with Gasteiger partial charge in [-0.3, -0.25) is 9.59 Å². The fourth-order valence-corrected chi connectivity index (χ4v) is 10.6. The molecular weight excluding hydrogens is 741 g/mol. The normalized spacial score (nSPS) is 22.6. The maximum atomic E-state index is 16.0. The van der Waals surface area contributed by atoms with Crippen LogP contribution in [0, 0.1) is 17.8 Å². The number of epoxide rings is 1. The van der Waals surface area contributed by atoms with Crippen LogP contribution in [-0.4, -0.2) is 82.0 Å². The molecule has 0 aliphatic carbocycles. The third-order valence-electron chi connectivity index (χ3n) is 14.1. The van der Waals surface area contributed by atoms with Crippen molar-refractivity contribution in [1.29, 1.82) is 0 Å². The van der Waals surface area contributed by atoms with E-state index >= 15 is 4.79 Å². The second kappa shape index (κ2) is 17.9. The molecule has 0 N–H and O–H groups in total. The van der Waals surface area contributed by atoms with Crippen molar-refractivity contribution in [1.82, 2.24) is 0 Å². The van der Waals surface area contributed by atoms with Gasteiger partial charge >= 0.3 is 0 Å². The Morgan fingerprint density at radius 3 is 1.44 bits per heavy atom. The first-order chi connectivity index (χ1) is 23.8. The highest BCUT2D eigenvalue weighted by Crippen LogP contribution is 2.52. The van der Waals surface area contributed by atoms with Crippen molar-refractivity contribution >= 4 is 44.8 Å². The third kappa shape index (κ3) is 12.9. The van der Waals surface area contributed by atoms with Gasteiger partial charge in [0.05, 0.1) is 30.1 Å². The quantitative estimate of drug-likeness (QED) is 0.0686. The minimum absolute atomic E-state index is 0.00194. The van der Waals surface area contributed by atoms with Crippen molar-refractivity contribution in [3.63, 3.8) is 0 Å². The number of ether oxygens (including phenoxy) is 1. The van der Waals surface area contributed by atoms with E-state index in [0.717, 1.165) is 0 Å². The summed E-state index contributed by atoms with van der Waals surface area (Å²) >= 11 is 0. The maximum Gasteiger partial charge on any atom is 0.192 e. The average molecular weight is 830 g/mol. The van der Waals surface area contributed by atoms with Gasteiger partial charge in [0.25, 0.3) is 0 Å². The van der Waals surface area contributed by atoms with Crippen LogP contribution in [0.4, 0.5) is 0 Å². The first kappa shape index (κ1) is 51.8. The van der Waals surface area contributed by atoms with Gasteiger partial charge in [0, 0.05) is 32.0 Å². The molecule has 0 unspecified atom stereocenters. The Bertz CT molecular complexity index is 1280. The van der Waals surface area contributed by atoms with Crippen molar-refractivity contribution in [3.05, 3.63) is 12.2 Å². The van der Waals surface area contributed by atoms with E-state index in [-0.39, 0.29) is 63.4 Å². The average Bonchev–Trinajstić information content (AvgIpc) is 3.66. The molecule has 1 saturated heterocycles. The number of hydrogen-bond donors (Lipinski definition) is 0. The molecule has 0 aromatic carbocycles. The Labute approximate surface area is 338 Å². The maximum absolute atomic E-state index is 16.0. The molecule has 0 radical (unpaired) electrons. The van der Waals surface area contributed by atoms with Crippen LogP contribution < -0.4 is 0 Å². The number of allylic oxidation sites excluding steroid dienone is 1. The van der Waals surface area contributed by atoms with Gasteiger partial charge in [-0.25, -0.2) is 0 Å². The summed E-state index contributed by atoms with van der Waals surface area (Å²) in [5, 5.41) is -0.370. The molecule has 1 rings (SSSR count). The summed E-state index contributed by atoms with van der Waals surface area (Å²) in [5.74, 6) is -1.15. The van der Waals surface area contributed by atoms with Gasteiger partial charge in [0.2, 0.25) is 0 Å². The standard InChI is InChI=1S/C43H88O7Si4/c1-25-27-31(3)37-43(16,48-37)38(50-54(23,24)42(13,14)15)34(30-47-52(19,20)40(7,8)9)36(45)33(29-46-51(17,18)39(4,5)6)35(28-32(44)26-2)49-53(21,22)41(10,11)12/h25,27,31,33-35,37-38H,26,28-30H2,1-24H3/b27-25-/t31-,33+,34-,35+,37+,38-,43-/m0/s1. The lowest BCUT2D eigenvalue weighted by molar-refractivity contribution is -0.139. The number of ketones is 2. The second-order valence-corrected chi connectivity index (χ2v) is 41.8. The van der Waals surface area contributed by atoms with Crippen LogP contribution in [0.3, 0.4) is 0 Å². The minimum Gasteiger partial charge on any atom is -0.416 e. The van der Waals surface area contributed by atoms with E-state index in [1.54, 1.807) is 0 Å². The lowest BCUT2D eigenvalue weighted by atomic mass is 9.79. The predicted molar refractivity (Wildman–Crippen MR) is 240 cm³/mol. The van der Waals surface area contributed by atoms with Gasteiger partial charge in [-0.2, -0.15) is 0 Å². The Balaban J connectivity index is 4.25. The van der Waals surface area contributed by atoms with Crippen LogP contribution in [0.15, 0.2) is 12.2 Å². The molecule has 0 bridgehead atoms. The molecule has 1 heterocycles. The van der Waals surface area contributed by atoms with Crippen LogP contribution in [0.1, 0.15) is 124 Å². The first-order valence-corrected chi connectivity index (χ1v) is 32.5. The van der Waals surface area contributed by atoms with Crippen LogP contribution in [0.5, 0.6) is 0 Å². The van der Waals surface area contributed by atoms with Crippen molar-refractivity contribution < 1.29 is 32.0 Å². The molecule has 7 atom stereocenters. The minimum atomic E-state index is -2.47. The SMILES string of the molecule is C/C=C\[C@H](C)[C@H]1O[C@]1(C)[C@@H](O[Si](C)(C)C(C)(C)C)[C@@H](CO[Si](C)(C)C(C)(C)C)C(=O)[C@H](CO[Si](C)(C)C(C)(C)C)[C@@H](CC(=O)CC)O[Si](C)(C)C(C)(C)C. The summed E-state index contributed by atoms with van der Waals surface area (Å²) in [6.45, 7) is 53.2. The summed E-state index contributed by atoms with van der Waals surface area (Å²) < 4.78 is 35.5. The summed E-state index contributed by atoms with van der Waals surface area (Å²) in [6.07, 6.45) is 3.48. The van der Waals surface area contributed by atoms with Crippen molar-refractivity contribution in [2.75, 3.05) is 13.2 Å². The van der Waals surface area contributed by atoms with E-state index in [0.29, 0.717) is 6.42 Å². The van der Waals surface area contributed by atoms with Crippen LogP contribution in [0.2, 0.25) is 72.5 Å². The van der Waals surface area contributed by atoms with E-state index in [9.17, 15) is 4.79 Å². The monoisotopic (exact) mass is 829 g/mol. The molecule has 0 saturated carbocycles. The molecule has 1 fully saturated rings. The highest BCUT2D eigenvalue weighted by Gasteiger charge is 2.65. The highest BCUT2D eigenvalue weighted by atomic mass is 28.4. The Morgan fingerprint density at radius 2 is 1.07 bits per heavy atom. The van der Waals surface area contributed by atoms with E-state index in [4.69, 9.17) is 22.4 Å². The fraction of sp³-hybridized carbons (Fsp3) is 0.907. The molecule has 7 nitrogen and oxygen atoms in total. The van der Waals surface area contributed by atoms with Crippen LogP contribution >= 0.6 is 0 Å². The summed E-state index contributed by atoms with van der Waals surface area (Å²) in [5.41, 5.74) is -0.717. The predicted octanol–water partition coefficient (Wildman–Crippen LogP) is 12.4. The second-order valence-electron chi connectivity index (χ2n) is 22.7. The fourth-order valence-electron chi connectivity index (χ4n) is 5.78. The van der Waals surface area contributed by atoms with Gasteiger partial charge in [-0.15, -0.1) is 0 Å². The molecule has 54 heavy (non-hydrogen) atoms. The van der Waals surface area contributed by atoms with E-state index < -0.39 is 62.9 Å². The lowest BCUT2D eigenvalue weighted by Gasteiger charge is -2.46. The van der Waals surface area contributed by atoms with Crippen LogP contribution in [0.25, 0.3) is 0 Å². The molecule has 0 spiro atoms. The van der Waals surface area contributed by atoms with Crippen molar-refractivity contribution in [2.45, 2.75) is 220 Å². The van der Waals surface area contributed by atoms with E-state index in [1.165, 1.54) is 0 Å². The summed E-state index contributed by atoms with van der Waals surface area (Å²) in [4.78, 5) is 29.5. The van der Waals surface area contributed by atoms with Crippen LogP contribution in [-0.2, 0) is 32.0 Å². The molecule has 318 valence electrons. The Kier molecular flexibility index (Phi) is 17.2. The van der Waals surface area contributed by atoms with Gasteiger partial charge in [-0.05, 0) is 86.4 Å². The van der Waals surface area contributed by atoms with Gasteiger partial charge < -0.3 is 22.4 Å². The van der Waals surface area contributed by atoms with E-state index in [2.05, 4.69) is 161 Å². The number of carbonyl (C=O) groups is 2. The number of rotatable bonds is 20. The molecule has 0 amide bonds.